The SMILES string of the molecule is NC(=O)CC(NC(=O)C1CCCC(N)C1)C1CCCCC1. The van der Waals surface area contributed by atoms with E-state index in [1.807, 2.05) is 0 Å². The summed E-state index contributed by atoms with van der Waals surface area (Å²) in [7, 11) is 0. The highest BCUT2D eigenvalue weighted by molar-refractivity contribution is 5.80. The maximum atomic E-state index is 12.5. The quantitative estimate of drug-likeness (QED) is 0.716. The summed E-state index contributed by atoms with van der Waals surface area (Å²) in [6, 6.07) is 0.0484. The van der Waals surface area contributed by atoms with Gasteiger partial charge in [-0.15, -0.1) is 0 Å². The van der Waals surface area contributed by atoms with Crippen LogP contribution >= 0.6 is 0 Å². The van der Waals surface area contributed by atoms with Crippen LogP contribution in [0.4, 0.5) is 0 Å². The van der Waals surface area contributed by atoms with E-state index in [-0.39, 0.29) is 36.2 Å². The number of nitrogens with one attached hydrogen (secondary N) is 1. The molecule has 5 N–H and O–H groups in total. The minimum atomic E-state index is -0.328. The van der Waals surface area contributed by atoms with E-state index < -0.39 is 0 Å². The zero-order valence-electron chi connectivity index (χ0n) is 12.9. The molecule has 2 amide bonds. The Morgan fingerprint density at radius 1 is 1.05 bits per heavy atom. The van der Waals surface area contributed by atoms with E-state index in [1.54, 1.807) is 0 Å². The molecule has 0 aromatic carbocycles. The number of nitrogens with two attached hydrogens (primary N) is 2. The second-order valence-electron chi connectivity index (χ2n) is 6.81. The molecule has 2 saturated carbocycles. The minimum Gasteiger partial charge on any atom is -0.370 e. The highest BCUT2D eigenvalue weighted by atomic mass is 16.2. The van der Waals surface area contributed by atoms with Crippen LogP contribution < -0.4 is 16.8 Å². The van der Waals surface area contributed by atoms with Crippen molar-refractivity contribution in [1.29, 1.82) is 0 Å². The number of hydrogen-bond acceptors (Lipinski definition) is 3. The molecule has 5 nitrogen and oxygen atoms in total. The Bertz CT molecular complexity index is 367. The van der Waals surface area contributed by atoms with Gasteiger partial charge in [0, 0.05) is 24.4 Å². The van der Waals surface area contributed by atoms with Crippen LogP contribution in [-0.4, -0.2) is 23.9 Å². The van der Waals surface area contributed by atoms with Crippen molar-refractivity contribution < 1.29 is 9.59 Å². The Morgan fingerprint density at radius 3 is 2.38 bits per heavy atom. The van der Waals surface area contributed by atoms with E-state index in [1.165, 1.54) is 19.3 Å². The van der Waals surface area contributed by atoms with Gasteiger partial charge < -0.3 is 16.8 Å². The predicted molar refractivity (Wildman–Crippen MR) is 82.3 cm³/mol. The van der Waals surface area contributed by atoms with Crippen LogP contribution in [0.2, 0.25) is 0 Å². The van der Waals surface area contributed by atoms with Crippen LogP contribution in [0, 0.1) is 11.8 Å². The summed E-state index contributed by atoms with van der Waals surface area (Å²) in [6.07, 6.45) is 9.76. The first-order valence-corrected chi connectivity index (χ1v) is 8.40. The van der Waals surface area contributed by atoms with E-state index in [9.17, 15) is 9.59 Å². The van der Waals surface area contributed by atoms with Gasteiger partial charge in [-0.3, -0.25) is 9.59 Å². The van der Waals surface area contributed by atoms with Gasteiger partial charge in [-0.05, 0) is 38.0 Å². The monoisotopic (exact) mass is 295 g/mol. The van der Waals surface area contributed by atoms with E-state index in [0.717, 1.165) is 38.5 Å². The maximum absolute atomic E-state index is 12.5. The van der Waals surface area contributed by atoms with Crippen molar-refractivity contribution in [3.05, 3.63) is 0 Å². The summed E-state index contributed by atoms with van der Waals surface area (Å²) >= 11 is 0. The third-order valence-corrected chi connectivity index (χ3v) is 5.05. The fourth-order valence-corrected chi connectivity index (χ4v) is 3.86. The van der Waals surface area contributed by atoms with Gasteiger partial charge in [-0.1, -0.05) is 25.7 Å². The van der Waals surface area contributed by atoms with Gasteiger partial charge in [-0.25, -0.2) is 0 Å². The molecule has 3 atom stereocenters. The standard InChI is InChI=1S/C16H29N3O2/c17-13-8-4-7-12(9-13)16(21)19-14(10-15(18)20)11-5-2-1-3-6-11/h11-14H,1-10,17H2,(H2,18,20)(H,19,21). The van der Waals surface area contributed by atoms with E-state index in [2.05, 4.69) is 5.32 Å². The Labute approximate surface area is 127 Å². The molecule has 120 valence electrons. The Kier molecular flexibility index (Phi) is 6.03. The molecule has 0 saturated heterocycles. The summed E-state index contributed by atoms with van der Waals surface area (Å²) in [5, 5.41) is 3.11. The van der Waals surface area contributed by atoms with Crippen LogP contribution in [0.1, 0.15) is 64.2 Å². The third-order valence-electron chi connectivity index (χ3n) is 5.05. The van der Waals surface area contributed by atoms with Gasteiger partial charge >= 0.3 is 0 Å². The molecule has 2 aliphatic carbocycles. The predicted octanol–water partition coefficient (Wildman–Crippen LogP) is 1.44. The molecule has 0 bridgehead atoms. The molecular formula is C16H29N3O2. The minimum absolute atomic E-state index is 0.00715. The lowest BCUT2D eigenvalue weighted by atomic mass is 9.81. The first-order chi connectivity index (χ1) is 10.1. The van der Waals surface area contributed by atoms with Crippen molar-refractivity contribution in [2.24, 2.45) is 23.3 Å². The number of primary amides is 1. The van der Waals surface area contributed by atoms with Crippen LogP contribution in [-0.2, 0) is 9.59 Å². The lowest BCUT2D eigenvalue weighted by Crippen LogP contribution is -2.47. The molecule has 2 fully saturated rings. The molecule has 0 heterocycles. The smallest absolute Gasteiger partial charge is 0.223 e. The van der Waals surface area contributed by atoms with Gasteiger partial charge in [0.05, 0.1) is 0 Å². The molecule has 0 aliphatic heterocycles. The Morgan fingerprint density at radius 2 is 1.76 bits per heavy atom. The Balaban J connectivity index is 1.93. The topological polar surface area (TPSA) is 98.2 Å². The highest BCUT2D eigenvalue weighted by Crippen LogP contribution is 2.29. The number of hydrogen-bond donors (Lipinski definition) is 3. The van der Waals surface area contributed by atoms with Gasteiger partial charge in [0.1, 0.15) is 0 Å². The first kappa shape index (κ1) is 16.3. The molecular weight excluding hydrogens is 266 g/mol. The first-order valence-electron chi connectivity index (χ1n) is 8.40. The molecule has 5 heteroatoms. The van der Waals surface area contributed by atoms with Gasteiger partial charge in [-0.2, -0.15) is 0 Å². The van der Waals surface area contributed by atoms with Gasteiger partial charge in [0.15, 0.2) is 0 Å². The molecule has 0 aromatic rings. The van der Waals surface area contributed by atoms with Crippen LogP contribution in [0.25, 0.3) is 0 Å². The molecule has 3 unspecified atom stereocenters. The number of amides is 2. The van der Waals surface area contributed by atoms with Crippen molar-refractivity contribution in [1.82, 2.24) is 5.32 Å². The molecule has 21 heavy (non-hydrogen) atoms. The van der Waals surface area contributed by atoms with Crippen LogP contribution in [0.3, 0.4) is 0 Å². The maximum Gasteiger partial charge on any atom is 0.223 e. The fourth-order valence-electron chi connectivity index (χ4n) is 3.86. The van der Waals surface area contributed by atoms with Crippen molar-refractivity contribution in [2.45, 2.75) is 76.3 Å². The van der Waals surface area contributed by atoms with E-state index in [4.69, 9.17) is 11.5 Å². The zero-order chi connectivity index (χ0) is 15.2. The summed E-state index contributed by atoms with van der Waals surface area (Å²) in [4.78, 5) is 23.8. The number of carbonyl (C=O) groups is 2. The van der Waals surface area contributed by atoms with Gasteiger partial charge in [0.2, 0.25) is 11.8 Å². The largest absolute Gasteiger partial charge is 0.370 e. The molecule has 2 rings (SSSR count). The van der Waals surface area contributed by atoms with Crippen molar-refractivity contribution in [3.8, 4) is 0 Å². The summed E-state index contributed by atoms with van der Waals surface area (Å²) in [6.45, 7) is 0. The van der Waals surface area contributed by atoms with Crippen LogP contribution in [0.15, 0.2) is 0 Å². The van der Waals surface area contributed by atoms with E-state index in [0.29, 0.717) is 5.92 Å². The van der Waals surface area contributed by atoms with Crippen molar-refractivity contribution >= 4 is 11.8 Å². The Hall–Kier alpha value is -1.10. The summed E-state index contributed by atoms with van der Waals surface area (Å²) in [5.41, 5.74) is 11.3. The summed E-state index contributed by atoms with van der Waals surface area (Å²) in [5.74, 6) is 0.147. The zero-order valence-corrected chi connectivity index (χ0v) is 12.9. The van der Waals surface area contributed by atoms with Crippen LogP contribution in [0.5, 0.6) is 0 Å². The molecule has 0 spiro atoms. The summed E-state index contributed by atoms with van der Waals surface area (Å²) < 4.78 is 0. The molecule has 0 aromatic heterocycles. The van der Waals surface area contributed by atoms with E-state index >= 15 is 0 Å². The second kappa shape index (κ2) is 7.78. The lowest BCUT2D eigenvalue weighted by molar-refractivity contribution is -0.127. The highest BCUT2D eigenvalue weighted by Gasteiger charge is 2.30. The third kappa shape index (κ3) is 4.99. The molecule has 0 radical (unpaired) electrons. The number of rotatable bonds is 5. The normalized spacial score (nSPS) is 28.8. The average Bonchev–Trinajstić information content (AvgIpc) is 2.47. The number of carbonyl (C=O) groups excluding carboxylic acids is 2. The van der Waals surface area contributed by atoms with Gasteiger partial charge in [0.25, 0.3) is 0 Å². The fraction of sp³-hybridized carbons (Fsp3) is 0.875. The second-order valence-corrected chi connectivity index (χ2v) is 6.81. The lowest BCUT2D eigenvalue weighted by Gasteiger charge is -2.33. The van der Waals surface area contributed by atoms with Crippen molar-refractivity contribution in [2.75, 3.05) is 0 Å². The molecule has 2 aliphatic rings. The van der Waals surface area contributed by atoms with Crippen molar-refractivity contribution in [3.63, 3.8) is 0 Å². The average molecular weight is 295 g/mol.